The van der Waals surface area contributed by atoms with Crippen molar-refractivity contribution in [3.63, 3.8) is 0 Å². The van der Waals surface area contributed by atoms with Gasteiger partial charge in [-0.2, -0.15) is 11.8 Å². The van der Waals surface area contributed by atoms with Crippen molar-refractivity contribution >= 4 is 46.3 Å². The number of hydrogen-bond acceptors (Lipinski definition) is 5. The van der Waals surface area contributed by atoms with Gasteiger partial charge in [0, 0.05) is 18.8 Å². The first-order valence-electron chi connectivity index (χ1n) is 5.66. The molecule has 1 amide bonds. The molecule has 0 heterocycles. The molecule has 9 heteroatoms. The van der Waals surface area contributed by atoms with Gasteiger partial charge in [-0.1, -0.05) is 13.2 Å². The first kappa shape index (κ1) is 31.8. The van der Waals surface area contributed by atoms with Crippen LogP contribution in [0, 0.1) is 13.2 Å². The average Bonchev–Trinajstić information content (AvgIpc) is 2.46. The van der Waals surface area contributed by atoms with Crippen LogP contribution >= 0.6 is 35.1 Å². The summed E-state index contributed by atoms with van der Waals surface area (Å²) in [6.07, 6.45) is 5.85. The molecule has 0 aliphatic carbocycles. The summed E-state index contributed by atoms with van der Waals surface area (Å²) in [7, 11) is 0. The van der Waals surface area contributed by atoms with Crippen LogP contribution in [0.25, 0.3) is 0 Å². The summed E-state index contributed by atoms with van der Waals surface area (Å²) < 4.78 is 0. The van der Waals surface area contributed by atoms with E-state index in [0.29, 0.717) is 6.54 Å². The van der Waals surface area contributed by atoms with Crippen LogP contribution in [0.5, 0.6) is 0 Å². The van der Waals surface area contributed by atoms with Crippen LogP contribution in [0.2, 0.25) is 0 Å². The Labute approximate surface area is 136 Å². The van der Waals surface area contributed by atoms with Gasteiger partial charge in [0.25, 0.3) is 0 Å². The average molecular weight is 873 g/mol. The molecule has 0 fully saturated rings. The molecular weight excluding hydrogens is 850 g/mol. The van der Waals surface area contributed by atoms with Crippen LogP contribution in [-0.2, 0) is 9.59 Å². The van der Waals surface area contributed by atoms with E-state index in [1.807, 2.05) is 0 Å². The third-order valence-corrected chi connectivity index (χ3v) is 2.76. The quantitative estimate of drug-likeness (QED) is 0.170. The van der Waals surface area contributed by atoms with Gasteiger partial charge in [0.15, 0.2) is 0 Å². The summed E-state index contributed by atoms with van der Waals surface area (Å²) in [6.45, 7) is 11.5. The molecule has 0 bridgehead atoms. The molecule has 0 spiro atoms. The molecule has 0 saturated heterocycles. The van der Waals surface area contributed by atoms with E-state index in [4.69, 9.17) is 17.3 Å². The van der Waals surface area contributed by atoms with Gasteiger partial charge in [-0.3, -0.25) is 15.8 Å². The van der Waals surface area contributed by atoms with Gasteiger partial charge < -0.3 is 29.7 Å². The minimum atomic E-state index is -0.509. The third kappa shape index (κ3) is 52.7. The zero-order valence-corrected chi connectivity index (χ0v) is 28.2. The van der Waals surface area contributed by atoms with E-state index in [1.165, 1.54) is 17.8 Å². The van der Waals surface area contributed by atoms with Crippen LogP contribution in [0.15, 0.2) is 25.3 Å². The van der Waals surface area contributed by atoms with E-state index >= 15 is 0 Å². The van der Waals surface area contributed by atoms with Crippen molar-refractivity contribution in [1.29, 1.82) is 0 Å². The maximum absolute atomic E-state index is 10.4. The fourth-order valence-corrected chi connectivity index (χ4v) is 1.12. The second-order valence-electron chi connectivity index (χ2n) is 2.81. The summed E-state index contributed by atoms with van der Waals surface area (Å²) in [5, 5.41) is 2.11. The molecule has 0 aromatic carbocycles. The van der Waals surface area contributed by atoms with Crippen molar-refractivity contribution in [3.8, 4) is 0 Å². The largest absolute Gasteiger partial charge is 0.352 e. The molecule has 122 valence electrons. The number of nitrogens with one attached hydrogen (secondary N) is 1. The number of carbonyl (C=O) groups is 2. The molecule has 4 nitrogen and oxygen atoms in total. The third-order valence-electron chi connectivity index (χ3n) is 1.30. The number of allylic oxidation sites excluding steroid dienone is 1. The molecular formula is C13H23ClN2O2Rf2S2-2. The second-order valence-corrected chi connectivity index (χ2v) is 5.23. The Kier molecular flexibility index (Phi) is 45.0. The maximum atomic E-state index is 10.4. The normalized spacial score (nSPS) is 7.45. The van der Waals surface area contributed by atoms with Crippen LogP contribution < -0.4 is 11.1 Å². The van der Waals surface area contributed by atoms with Gasteiger partial charge in [0.1, 0.15) is 0 Å². The minimum absolute atomic E-state index is 0. The first-order chi connectivity index (χ1) is 9.49. The van der Waals surface area contributed by atoms with Crippen LogP contribution in [0.1, 0.15) is 0 Å². The molecule has 0 saturated carbocycles. The van der Waals surface area contributed by atoms with Gasteiger partial charge in [0.2, 0.25) is 11.1 Å². The Morgan fingerprint density at radius 3 is 1.95 bits per heavy atom. The Morgan fingerprint density at radius 1 is 1.23 bits per heavy atom. The van der Waals surface area contributed by atoms with Gasteiger partial charge >= 0.3 is 0 Å². The number of hydrogen-bond donors (Lipinski definition) is 2. The van der Waals surface area contributed by atoms with Crippen molar-refractivity contribution in [1.82, 2.24) is 5.32 Å². The first-order valence-corrected chi connectivity index (χ1v) is 8.34. The van der Waals surface area contributed by atoms with Crippen molar-refractivity contribution < 1.29 is 9.59 Å². The summed E-state index contributed by atoms with van der Waals surface area (Å²) in [5.41, 5.74) is 5.17. The molecule has 0 unspecified atom stereocenters. The molecule has 0 atom stereocenters. The number of rotatable bonds is 8. The Bertz CT molecular complexity index is 270. The van der Waals surface area contributed by atoms with Crippen molar-refractivity contribution in [2.45, 2.75) is 0 Å². The summed E-state index contributed by atoms with van der Waals surface area (Å²) in [5.74, 6) is 2.71. The van der Waals surface area contributed by atoms with Crippen LogP contribution in [-0.4, -0.2) is 41.5 Å². The van der Waals surface area contributed by atoms with E-state index in [0.717, 1.165) is 29.9 Å². The molecule has 0 radical (unpaired) electrons. The van der Waals surface area contributed by atoms with Crippen molar-refractivity contribution in [3.05, 3.63) is 38.5 Å². The van der Waals surface area contributed by atoms with E-state index in [9.17, 15) is 9.59 Å². The van der Waals surface area contributed by atoms with E-state index < -0.39 is 5.24 Å². The maximum Gasteiger partial charge on any atom is 0.244 e. The molecule has 0 aromatic rings. The van der Waals surface area contributed by atoms with E-state index in [-0.39, 0.29) is 5.91 Å². The fourth-order valence-electron chi connectivity index (χ4n) is 0.504. The Balaban J connectivity index is -0.0000000659. The van der Waals surface area contributed by atoms with E-state index in [2.05, 4.69) is 31.7 Å². The number of carbonyl (C=O) groups excluding carboxylic acids is 2. The summed E-state index contributed by atoms with van der Waals surface area (Å²) in [4.78, 5) is 19.9. The molecule has 3 N–H and O–H groups in total. The number of thioether (sulfide) groups is 2. The van der Waals surface area contributed by atoms with Crippen LogP contribution in [0.3, 0.4) is 0 Å². The van der Waals surface area contributed by atoms with Crippen molar-refractivity contribution in [2.24, 2.45) is 5.73 Å². The molecule has 0 aromatic heterocycles. The van der Waals surface area contributed by atoms with Crippen molar-refractivity contribution in [2.75, 3.05) is 30.3 Å². The molecule has 22 heavy (non-hydrogen) atoms. The fraction of sp³-hybridized carbons (Fsp3) is 0.385. The predicted octanol–water partition coefficient (Wildman–Crippen LogP) is 2.26. The van der Waals surface area contributed by atoms with Gasteiger partial charge in [-0.15, -0.1) is 5.75 Å². The number of halogens is 1. The molecule has 0 rings (SSSR count). The number of nitrogens with two attached hydrogens (primary N) is 1. The Morgan fingerprint density at radius 2 is 1.73 bits per heavy atom. The smallest absolute Gasteiger partial charge is 0.244 e. The van der Waals surface area contributed by atoms with Crippen LogP contribution in [0.4, 0.5) is 0 Å². The number of amides is 1. The molecule has 0 aliphatic heterocycles. The summed E-state index contributed by atoms with van der Waals surface area (Å²) in [6, 6.07) is 0. The predicted molar refractivity (Wildman–Crippen MR) is 93.8 cm³/mol. The van der Waals surface area contributed by atoms with E-state index in [1.54, 1.807) is 11.8 Å². The van der Waals surface area contributed by atoms with Gasteiger partial charge in [0.05, 0.1) is 0 Å². The minimum Gasteiger partial charge on any atom is -0.352 e. The zero-order chi connectivity index (χ0) is 16.2. The van der Waals surface area contributed by atoms with Gasteiger partial charge in [-0.05, 0) is 29.5 Å². The topological polar surface area (TPSA) is 72.2 Å². The molecule has 0 aliphatic rings. The monoisotopic (exact) mass is 872 g/mol. The second kappa shape index (κ2) is 31.1. The Hall–Kier alpha value is -2.43. The zero-order valence-electron chi connectivity index (χ0n) is 13.0. The summed E-state index contributed by atoms with van der Waals surface area (Å²) >= 11 is 7.93. The standard InChI is InChI=1S/C6H10NOS.C4H10NS.C3H3ClO.2Rf/c1-3-6(8)7-4-5-9-2;1-2-6-4-3-5;1-2-3(4)5;;/h3H,1-2,4-5H2,(H,7,8);1-5H2;2H,1H2;;/q2*-1;;;. The SMILES string of the molecule is C=CC(=O)Cl.C=CC(=O)NCCS[CH2-].[CH2-]CSCCN.[Rf].[Rf]. The van der Waals surface area contributed by atoms with Gasteiger partial charge in [-0.25, -0.2) is 0 Å².